The molecule has 1 aromatic carbocycles. The number of allylic oxidation sites excluding steroid dienone is 1. The van der Waals surface area contributed by atoms with Gasteiger partial charge in [-0.3, -0.25) is 14.2 Å². The van der Waals surface area contributed by atoms with Crippen LogP contribution in [0.3, 0.4) is 0 Å². The summed E-state index contributed by atoms with van der Waals surface area (Å²) in [5.74, 6) is 10.0. The molecule has 4 atom stereocenters. The minimum Gasteiger partial charge on any atom is -0.458 e. The van der Waals surface area contributed by atoms with Gasteiger partial charge >= 0.3 is 10.8 Å². The Morgan fingerprint density at radius 3 is 2.79 bits per heavy atom. The second-order valence-corrected chi connectivity index (χ2v) is 9.36. The fourth-order valence-electron chi connectivity index (χ4n) is 3.45. The van der Waals surface area contributed by atoms with Crippen LogP contribution in [0.4, 0.5) is 5.82 Å². The molecule has 1 fully saturated rings. The quantitative estimate of drug-likeness (QED) is 0.130. The Labute approximate surface area is 196 Å². The van der Waals surface area contributed by atoms with Crippen LogP contribution >= 0.6 is 23.1 Å². The highest BCUT2D eigenvalue weighted by molar-refractivity contribution is 8.00. The fraction of sp³-hybridized carbons (Fsp3) is 0.316. The van der Waals surface area contributed by atoms with E-state index in [1.54, 1.807) is 36.4 Å². The van der Waals surface area contributed by atoms with Crippen LogP contribution in [0.2, 0.25) is 0 Å². The molecule has 2 aliphatic rings. The number of amides is 1. The van der Waals surface area contributed by atoms with E-state index in [0.717, 1.165) is 16.3 Å². The summed E-state index contributed by atoms with van der Waals surface area (Å²) < 4.78 is 12.8. The van der Waals surface area contributed by atoms with Crippen LogP contribution in [0, 0.1) is 0 Å². The molecular formula is C19H21N7O5S2. The van der Waals surface area contributed by atoms with E-state index >= 15 is 0 Å². The highest BCUT2D eigenvalue weighted by Crippen LogP contribution is 2.43. The molecule has 2 aromatic rings. The van der Waals surface area contributed by atoms with E-state index in [2.05, 4.69) is 22.2 Å². The number of carbonyl (C=O) groups excluding carboxylic acids is 2. The van der Waals surface area contributed by atoms with Crippen LogP contribution in [0.15, 0.2) is 58.1 Å². The highest BCUT2D eigenvalue weighted by Gasteiger charge is 2.43. The van der Waals surface area contributed by atoms with Gasteiger partial charge in [0.2, 0.25) is 6.29 Å². The number of thioether (sulfide) groups is 1. The summed E-state index contributed by atoms with van der Waals surface area (Å²) in [6.45, 7) is 3.76. The van der Waals surface area contributed by atoms with Crippen molar-refractivity contribution in [3.8, 4) is 0 Å². The smallest absolute Gasteiger partial charge is 0.338 e. The van der Waals surface area contributed by atoms with Crippen LogP contribution in [-0.4, -0.2) is 45.0 Å². The van der Waals surface area contributed by atoms with Crippen molar-refractivity contribution >= 4 is 40.8 Å². The van der Waals surface area contributed by atoms with Gasteiger partial charge in [0.05, 0.1) is 10.8 Å². The average molecular weight is 492 g/mol. The number of thiazole rings is 1. The van der Waals surface area contributed by atoms with Gasteiger partial charge in [-0.05, 0) is 18.6 Å². The van der Waals surface area contributed by atoms with Gasteiger partial charge in [-0.25, -0.2) is 15.6 Å². The van der Waals surface area contributed by atoms with Gasteiger partial charge in [-0.2, -0.15) is 0 Å². The number of hydrogen-bond acceptors (Lipinski definition) is 11. The van der Waals surface area contributed by atoms with Crippen molar-refractivity contribution in [3.63, 3.8) is 0 Å². The molecule has 14 heteroatoms. The SMILES string of the molecule is C=CCC1SC(COC(=O)c2ccccc2)OC1n1c2c(sc1=O)C(=O)N(N)C(N=NN)N2. The summed E-state index contributed by atoms with van der Waals surface area (Å²) in [5, 5.41) is 10.3. The van der Waals surface area contributed by atoms with Crippen LogP contribution in [0.25, 0.3) is 0 Å². The van der Waals surface area contributed by atoms with Gasteiger partial charge in [0, 0.05) is 0 Å². The number of benzene rings is 1. The number of aromatic nitrogens is 1. The van der Waals surface area contributed by atoms with Crippen molar-refractivity contribution in [1.29, 1.82) is 0 Å². The number of esters is 1. The summed E-state index contributed by atoms with van der Waals surface area (Å²) in [4.78, 5) is 37.5. The van der Waals surface area contributed by atoms with E-state index in [4.69, 9.17) is 21.2 Å². The fourth-order valence-corrected chi connectivity index (χ4v) is 5.64. The third-order valence-electron chi connectivity index (χ3n) is 4.93. The summed E-state index contributed by atoms with van der Waals surface area (Å²) in [6, 6.07) is 8.61. The largest absolute Gasteiger partial charge is 0.458 e. The molecule has 3 heterocycles. The second-order valence-electron chi connectivity index (χ2n) is 7.00. The van der Waals surface area contributed by atoms with Crippen LogP contribution < -0.4 is 21.9 Å². The molecule has 0 radical (unpaired) electrons. The van der Waals surface area contributed by atoms with Crippen molar-refractivity contribution < 1.29 is 19.1 Å². The molecule has 12 nitrogen and oxygen atoms in total. The molecule has 4 unspecified atom stereocenters. The van der Waals surface area contributed by atoms with Crippen molar-refractivity contribution in [3.05, 3.63) is 63.1 Å². The summed E-state index contributed by atoms with van der Waals surface area (Å²) in [5.41, 5.74) is -0.100. The van der Waals surface area contributed by atoms with Crippen LogP contribution in [-0.2, 0) is 9.47 Å². The zero-order valence-electron chi connectivity index (χ0n) is 17.2. The molecule has 174 valence electrons. The van der Waals surface area contributed by atoms with E-state index in [9.17, 15) is 14.4 Å². The Morgan fingerprint density at radius 2 is 2.09 bits per heavy atom. The third kappa shape index (κ3) is 4.50. The Morgan fingerprint density at radius 1 is 1.33 bits per heavy atom. The van der Waals surface area contributed by atoms with E-state index in [1.165, 1.54) is 16.3 Å². The highest BCUT2D eigenvalue weighted by atomic mass is 32.2. The van der Waals surface area contributed by atoms with E-state index in [0.29, 0.717) is 12.0 Å². The lowest BCUT2D eigenvalue weighted by Crippen LogP contribution is -2.52. The lowest BCUT2D eigenvalue weighted by Gasteiger charge is -2.30. The molecule has 1 saturated heterocycles. The Hall–Kier alpha value is -3.20. The summed E-state index contributed by atoms with van der Waals surface area (Å²) >= 11 is 2.16. The monoisotopic (exact) mass is 491 g/mol. The number of carbonyl (C=O) groups is 2. The normalized spacial score (nSPS) is 24.5. The number of rotatable bonds is 7. The van der Waals surface area contributed by atoms with Gasteiger partial charge in [-0.15, -0.1) is 23.5 Å². The first kappa shape index (κ1) is 23.0. The minimum atomic E-state index is -1.08. The molecule has 2 aliphatic heterocycles. The number of hydrazine groups is 1. The zero-order chi connectivity index (χ0) is 23.5. The lowest BCUT2D eigenvalue weighted by atomic mass is 10.2. The van der Waals surface area contributed by atoms with Gasteiger partial charge in [0.1, 0.15) is 22.7 Å². The summed E-state index contributed by atoms with van der Waals surface area (Å²) in [7, 11) is 0. The molecule has 4 rings (SSSR count). The molecule has 0 bridgehead atoms. The van der Waals surface area contributed by atoms with Crippen molar-refractivity contribution in [2.75, 3.05) is 11.9 Å². The van der Waals surface area contributed by atoms with Gasteiger partial charge in [0.25, 0.3) is 5.91 Å². The molecule has 0 saturated carbocycles. The first-order valence-electron chi connectivity index (χ1n) is 9.78. The first-order chi connectivity index (χ1) is 15.9. The van der Waals surface area contributed by atoms with Crippen molar-refractivity contribution in [1.82, 2.24) is 9.58 Å². The van der Waals surface area contributed by atoms with Crippen molar-refractivity contribution in [2.24, 2.45) is 22.0 Å². The maximum Gasteiger partial charge on any atom is 0.338 e. The van der Waals surface area contributed by atoms with Gasteiger partial charge < -0.3 is 20.6 Å². The number of nitrogens with zero attached hydrogens (tertiary/aromatic N) is 4. The van der Waals surface area contributed by atoms with Gasteiger partial charge in [0.15, 0.2) is 6.23 Å². The predicted molar refractivity (Wildman–Crippen MR) is 122 cm³/mol. The molecule has 1 amide bonds. The van der Waals surface area contributed by atoms with E-state index in [1.807, 2.05) is 0 Å². The maximum atomic E-state index is 12.9. The van der Waals surface area contributed by atoms with Crippen LogP contribution in [0.1, 0.15) is 32.7 Å². The Bertz CT molecular complexity index is 1140. The lowest BCUT2D eigenvalue weighted by molar-refractivity contribution is -0.0251. The van der Waals surface area contributed by atoms with E-state index in [-0.39, 0.29) is 22.6 Å². The molecule has 5 N–H and O–H groups in total. The third-order valence-corrected chi connectivity index (χ3v) is 7.19. The Kier molecular flexibility index (Phi) is 6.78. The number of fused-ring (bicyclic) bond motifs is 1. The second kappa shape index (κ2) is 9.74. The topological polar surface area (TPSA) is 167 Å². The molecule has 1 aromatic heterocycles. The first-order valence-corrected chi connectivity index (χ1v) is 11.5. The van der Waals surface area contributed by atoms with Crippen molar-refractivity contribution in [2.45, 2.75) is 29.6 Å². The number of nitrogens with one attached hydrogen (secondary N) is 1. The predicted octanol–water partition coefficient (Wildman–Crippen LogP) is 1.65. The molecule has 0 spiro atoms. The number of nitrogens with two attached hydrogens (primary N) is 2. The number of anilines is 1. The minimum absolute atomic E-state index is 0.0173. The molecule has 33 heavy (non-hydrogen) atoms. The number of hydrogen-bond donors (Lipinski definition) is 3. The summed E-state index contributed by atoms with van der Waals surface area (Å²) in [6.07, 6.45) is 0.395. The number of ether oxygens (including phenoxy) is 2. The standard InChI is InChI=1S/C19H21N7O5S2/c1-2-6-11-16(31-12(32-11)9-30-17(28)10-7-4-3-5-8-10)25-14-13(33-19(25)29)15(27)26(21)18(22-14)23-24-20/h2-5,7-8,11-12,16,18,22H,1,6,9,21H2,(H2,20,23). The molecule has 0 aliphatic carbocycles. The van der Waals surface area contributed by atoms with Crippen LogP contribution in [0.5, 0.6) is 0 Å². The van der Waals surface area contributed by atoms with E-state index < -0.39 is 34.7 Å². The van der Waals surface area contributed by atoms with Gasteiger partial charge in [-0.1, -0.05) is 40.8 Å². The average Bonchev–Trinajstić information content (AvgIpc) is 3.36. The zero-order valence-corrected chi connectivity index (χ0v) is 18.8. The molecular weight excluding hydrogens is 470 g/mol. The Balaban J connectivity index is 1.56. The maximum absolute atomic E-state index is 12.9.